The Labute approximate surface area is 119 Å². The number of hydrogen-bond acceptors (Lipinski definition) is 2. The summed E-state index contributed by atoms with van der Waals surface area (Å²) >= 11 is 0. The van der Waals surface area contributed by atoms with Crippen molar-refractivity contribution in [2.24, 2.45) is 0 Å². The molecule has 1 aromatic carbocycles. The van der Waals surface area contributed by atoms with E-state index in [4.69, 9.17) is 4.43 Å². The first-order chi connectivity index (χ1) is 8.71. The molecule has 0 saturated carbocycles. The number of anilines is 1. The lowest BCUT2D eigenvalue weighted by molar-refractivity contribution is 0.492. The van der Waals surface area contributed by atoms with Gasteiger partial charge in [0.05, 0.1) is 0 Å². The van der Waals surface area contributed by atoms with Crippen molar-refractivity contribution < 1.29 is 4.43 Å². The van der Waals surface area contributed by atoms with E-state index >= 15 is 0 Å². The van der Waals surface area contributed by atoms with E-state index < -0.39 is 8.32 Å². The van der Waals surface area contributed by atoms with Gasteiger partial charge < -0.3 is 9.33 Å². The van der Waals surface area contributed by atoms with Crippen LogP contribution in [0.4, 0.5) is 5.69 Å². The van der Waals surface area contributed by atoms with Gasteiger partial charge in [0.15, 0.2) is 0 Å². The first-order valence-electron chi connectivity index (χ1n) is 7.25. The smallest absolute Gasteiger partial charge is 0.250 e. The van der Waals surface area contributed by atoms with Gasteiger partial charge in [-0.1, -0.05) is 26.8 Å². The van der Waals surface area contributed by atoms with Crippen LogP contribution in [0.1, 0.15) is 34.6 Å². The van der Waals surface area contributed by atoms with Crippen molar-refractivity contribution >= 4 is 14.0 Å². The van der Waals surface area contributed by atoms with Crippen LogP contribution in [0.25, 0.3) is 0 Å². The zero-order valence-corrected chi connectivity index (χ0v) is 14.6. The van der Waals surface area contributed by atoms with Gasteiger partial charge in [0.25, 0.3) is 0 Å². The number of benzene rings is 1. The van der Waals surface area contributed by atoms with Crippen molar-refractivity contribution in [1.29, 1.82) is 0 Å². The second-order valence-electron chi connectivity index (χ2n) is 6.53. The third kappa shape index (κ3) is 4.00. The van der Waals surface area contributed by atoms with Gasteiger partial charge in [-0.25, -0.2) is 0 Å². The maximum Gasteiger partial charge on any atom is 0.250 e. The molecule has 0 aliphatic heterocycles. The van der Waals surface area contributed by atoms with E-state index in [0.717, 1.165) is 18.8 Å². The minimum atomic E-state index is -1.74. The minimum absolute atomic E-state index is 0.234. The maximum absolute atomic E-state index is 6.36. The molecule has 0 aromatic heterocycles. The first kappa shape index (κ1) is 16.1. The van der Waals surface area contributed by atoms with Gasteiger partial charge in [0.1, 0.15) is 5.75 Å². The van der Waals surface area contributed by atoms with Gasteiger partial charge in [-0.2, -0.15) is 0 Å². The predicted octanol–water partition coefficient (Wildman–Crippen LogP) is 4.92. The normalized spacial score (nSPS) is 12.4. The molecule has 19 heavy (non-hydrogen) atoms. The Kier molecular flexibility index (Phi) is 5.08. The van der Waals surface area contributed by atoms with Crippen LogP contribution in [-0.2, 0) is 0 Å². The van der Waals surface area contributed by atoms with Gasteiger partial charge >= 0.3 is 0 Å². The van der Waals surface area contributed by atoms with E-state index in [9.17, 15) is 0 Å². The molecule has 0 aliphatic rings. The second kappa shape index (κ2) is 5.99. The first-order valence-corrected chi connectivity index (χ1v) is 10.2. The number of hydrogen-bond donors (Lipinski definition) is 0. The fourth-order valence-electron chi connectivity index (χ4n) is 1.78. The molecule has 0 fully saturated rings. The summed E-state index contributed by atoms with van der Waals surface area (Å²) in [4.78, 5) is 2.35. The molecule has 0 heterocycles. The minimum Gasteiger partial charge on any atom is -0.543 e. The molecule has 2 nitrogen and oxygen atoms in total. The Morgan fingerprint density at radius 1 is 1.11 bits per heavy atom. The Morgan fingerprint density at radius 3 is 2.16 bits per heavy atom. The summed E-state index contributed by atoms with van der Waals surface area (Å²) in [5, 5.41) is 0.234. The Bertz CT molecular complexity index is 405. The highest BCUT2D eigenvalue weighted by Gasteiger charge is 2.38. The molecule has 0 saturated heterocycles. The average molecular weight is 279 g/mol. The monoisotopic (exact) mass is 279 g/mol. The summed E-state index contributed by atoms with van der Waals surface area (Å²) in [6, 6.07) is 8.50. The Balaban J connectivity index is 2.95. The van der Waals surface area contributed by atoms with Crippen LogP contribution in [0.15, 0.2) is 24.3 Å². The Hall–Kier alpha value is -0.963. The summed E-state index contributed by atoms with van der Waals surface area (Å²) in [6.07, 6.45) is 0. The highest BCUT2D eigenvalue weighted by Crippen LogP contribution is 2.37. The molecule has 0 unspecified atom stereocenters. The maximum atomic E-state index is 6.36. The summed E-state index contributed by atoms with van der Waals surface area (Å²) in [5.41, 5.74) is 1.25. The fraction of sp³-hybridized carbons (Fsp3) is 0.625. The van der Waals surface area contributed by atoms with Crippen LogP contribution in [0.5, 0.6) is 5.75 Å². The van der Waals surface area contributed by atoms with Gasteiger partial charge in [-0.05, 0) is 44.1 Å². The zero-order chi connectivity index (χ0) is 14.7. The molecule has 0 atom stereocenters. The molecule has 1 rings (SSSR count). The molecule has 0 amide bonds. The SMILES string of the molecule is CCN(CC)c1cccc(O[Si](C)(C)C(C)(C)C)c1. The molecule has 0 radical (unpaired) electrons. The number of rotatable bonds is 5. The molecular weight excluding hydrogens is 250 g/mol. The average Bonchev–Trinajstić information content (AvgIpc) is 2.29. The standard InChI is InChI=1S/C16H29NOSi/c1-8-17(9-2)14-11-10-12-15(13-14)18-19(6,7)16(3,4)5/h10-13H,8-9H2,1-7H3. The molecule has 3 heteroatoms. The molecule has 0 N–H and O–H groups in total. The van der Waals surface area contributed by atoms with E-state index in [1.807, 2.05) is 0 Å². The molecule has 0 aliphatic carbocycles. The van der Waals surface area contributed by atoms with Crippen LogP contribution in [-0.4, -0.2) is 21.4 Å². The van der Waals surface area contributed by atoms with Gasteiger partial charge in [0.2, 0.25) is 8.32 Å². The van der Waals surface area contributed by atoms with Crippen LogP contribution >= 0.6 is 0 Å². The van der Waals surface area contributed by atoms with Crippen molar-refractivity contribution in [1.82, 2.24) is 0 Å². The van der Waals surface area contributed by atoms with Crippen LogP contribution < -0.4 is 9.33 Å². The summed E-state index contributed by atoms with van der Waals surface area (Å²) in [6.45, 7) is 17.8. The van der Waals surface area contributed by atoms with Gasteiger partial charge in [-0.15, -0.1) is 0 Å². The van der Waals surface area contributed by atoms with E-state index in [2.05, 4.69) is 76.9 Å². The fourth-order valence-corrected chi connectivity index (χ4v) is 2.80. The van der Waals surface area contributed by atoms with Crippen molar-refractivity contribution in [3.63, 3.8) is 0 Å². The van der Waals surface area contributed by atoms with Gasteiger partial charge in [0, 0.05) is 24.8 Å². The third-order valence-corrected chi connectivity index (χ3v) is 8.48. The predicted molar refractivity (Wildman–Crippen MR) is 87.8 cm³/mol. The number of nitrogens with zero attached hydrogens (tertiary/aromatic N) is 1. The quantitative estimate of drug-likeness (QED) is 0.710. The third-order valence-electron chi connectivity index (χ3n) is 4.13. The molecule has 1 aromatic rings. The lowest BCUT2D eigenvalue weighted by Crippen LogP contribution is -2.43. The molecule has 0 spiro atoms. The van der Waals surface area contributed by atoms with Crippen molar-refractivity contribution in [3.05, 3.63) is 24.3 Å². The molecule has 0 bridgehead atoms. The van der Waals surface area contributed by atoms with E-state index in [1.165, 1.54) is 5.69 Å². The summed E-state index contributed by atoms with van der Waals surface area (Å²) in [7, 11) is -1.74. The summed E-state index contributed by atoms with van der Waals surface area (Å²) < 4.78 is 6.36. The lowest BCUT2D eigenvalue weighted by Gasteiger charge is -2.36. The van der Waals surface area contributed by atoms with Crippen LogP contribution in [0.2, 0.25) is 18.1 Å². The molecular formula is C16H29NOSi. The zero-order valence-electron chi connectivity index (χ0n) is 13.6. The van der Waals surface area contributed by atoms with E-state index in [1.54, 1.807) is 0 Å². The largest absolute Gasteiger partial charge is 0.543 e. The van der Waals surface area contributed by atoms with Crippen LogP contribution in [0, 0.1) is 0 Å². The van der Waals surface area contributed by atoms with Crippen LogP contribution in [0.3, 0.4) is 0 Å². The van der Waals surface area contributed by atoms with E-state index in [0.29, 0.717) is 0 Å². The highest BCUT2D eigenvalue weighted by molar-refractivity contribution is 6.74. The topological polar surface area (TPSA) is 12.5 Å². The van der Waals surface area contributed by atoms with E-state index in [-0.39, 0.29) is 5.04 Å². The highest BCUT2D eigenvalue weighted by atomic mass is 28.4. The Morgan fingerprint density at radius 2 is 1.68 bits per heavy atom. The van der Waals surface area contributed by atoms with Crippen molar-refractivity contribution in [3.8, 4) is 5.75 Å². The van der Waals surface area contributed by atoms with Gasteiger partial charge in [-0.3, -0.25) is 0 Å². The lowest BCUT2D eigenvalue weighted by atomic mass is 10.2. The van der Waals surface area contributed by atoms with Crippen molar-refractivity contribution in [2.75, 3.05) is 18.0 Å². The van der Waals surface area contributed by atoms with Crippen molar-refractivity contribution in [2.45, 2.75) is 52.8 Å². The molecule has 108 valence electrons. The summed E-state index contributed by atoms with van der Waals surface area (Å²) in [5.74, 6) is 1.01. The second-order valence-corrected chi connectivity index (χ2v) is 11.3.